The molecular formula is C18H12O4S2. The van der Waals surface area contributed by atoms with Gasteiger partial charge in [0.1, 0.15) is 0 Å². The minimum Gasteiger partial charge on any atom is -0.282 e. The number of rotatable bonds is 2. The molecule has 0 aliphatic carbocycles. The van der Waals surface area contributed by atoms with Gasteiger partial charge in [0.2, 0.25) is 0 Å². The van der Waals surface area contributed by atoms with Gasteiger partial charge in [0.15, 0.2) is 0 Å². The molecule has 1 heterocycles. The van der Waals surface area contributed by atoms with E-state index in [1.165, 1.54) is 18.2 Å². The Balaban J connectivity index is 1.94. The molecule has 3 aromatic rings. The second-order valence-corrected chi connectivity index (χ2v) is 8.32. The Labute approximate surface area is 142 Å². The zero-order valence-electron chi connectivity index (χ0n) is 12.3. The van der Waals surface area contributed by atoms with Crippen LogP contribution in [0.3, 0.4) is 0 Å². The fourth-order valence-corrected chi connectivity index (χ4v) is 4.74. The van der Waals surface area contributed by atoms with Crippen LogP contribution in [0, 0.1) is 0 Å². The van der Waals surface area contributed by atoms with Crippen LogP contribution < -0.4 is 0 Å². The second kappa shape index (κ2) is 5.37. The van der Waals surface area contributed by atoms with Gasteiger partial charge in [-0.25, -0.2) is 4.21 Å². The molecule has 0 saturated carbocycles. The molecule has 1 unspecified atom stereocenters. The Hall–Kier alpha value is -2.28. The minimum atomic E-state index is -4.31. The highest BCUT2D eigenvalue weighted by Gasteiger charge is 2.27. The van der Waals surface area contributed by atoms with Crippen molar-refractivity contribution in [1.29, 1.82) is 0 Å². The molecule has 4 nitrogen and oxygen atoms in total. The van der Waals surface area contributed by atoms with Crippen molar-refractivity contribution in [3.8, 4) is 22.3 Å². The van der Waals surface area contributed by atoms with Crippen molar-refractivity contribution >= 4 is 20.9 Å². The maximum atomic E-state index is 12.6. The average Bonchev–Trinajstić information content (AvgIpc) is 2.87. The van der Waals surface area contributed by atoms with Crippen LogP contribution in [0.15, 0.2) is 81.4 Å². The lowest BCUT2D eigenvalue weighted by molar-refractivity contribution is 0.483. The molecule has 0 radical (unpaired) electrons. The van der Waals surface area contributed by atoms with Gasteiger partial charge >= 0.3 is 0 Å². The smallest absolute Gasteiger partial charge is 0.282 e. The minimum absolute atomic E-state index is 0.198. The van der Waals surface area contributed by atoms with Gasteiger partial charge < -0.3 is 0 Å². The van der Waals surface area contributed by atoms with E-state index in [1.807, 2.05) is 42.5 Å². The Kier molecular flexibility index (Phi) is 3.42. The molecule has 6 heteroatoms. The molecule has 1 aliphatic rings. The first-order valence-corrected chi connectivity index (χ1v) is 9.77. The van der Waals surface area contributed by atoms with Crippen molar-refractivity contribution in [2.24, 2.45) is 0 Å². The summed E-state index contributed by atoms with van der Waals surface area (Å²) in [7, 11) is -5.65. The summed E-state index contributed by atoms with van der Waals surface area (Å²) in [6.45, 7) is 0. The van der Waals surface area contributed by atoms with Crippen molar-refractivity contribution in [2.45, 2.75) is 14.7 Å². The van der Waals surface area contributed by atoms with Gasteiger partial charge in [0.25, 0.3) is 10.1 Å². The molecule has 4 rings (SSSR count). The molecule has 0 amide bonds. The largest absolute Gasteiger partial charge is 0.294 e. The number of benzene rings is 3. The van der Waals surface area contributed by atoms with Gasteiger partial charge in [0, 0.05) is 11.1 Å². The number of hydrogen-bond acceptors (Lipinski definition) is 3. The fraction of sp³-hybridized carbons (Fsp3) is 0. The van der Waals surface area contributed by atoms with E-state index in [4.69, 9.17) is 0 Å². The van der Waals surface area contributed by atoms with E-state index in [9.17, 15) is 17.2 Å². The summed E-state index contributed by atoms with van der Waals surface area (Å²) in [5.74, 6) is 0. The standard InChI is InChI=1S/C18H12O4S2/c19-23-17-8-6-13(12-4-2-1-3-5-12)10-15(17)16-11-14(24(20,21)22)7-9-18(16)23/h1-11H,(H,20,21,22). The third kappa shape index (κ3) is 2.39. The molecule has 1 atom stereocenters. The van der Waals surface area contributed by atoms with Crippen LogP contribution in [0.4, 0.5) is 0 Å². The second-order valence-electron chi connectivity index (χ2n) is 5.48. The highest BCUT2D eigenvalue weighted by Crippen LogP contribution is 2.43. The zero-order chi connectivity index (χ0) is 16.9. The van der Waals surface area contributed by atoms with Gasteiger partial charge in [0.05, 0.1) is 25.5 Å². The summed E-state index contributed by atoms with van der Waals surface area (Å²) in [5, 5.41) is 0. The van der Waals surface area contributed by atoms with Crippen molar-refractivity contribution in [1.82, 2.24) is 0 Å². The predicted octanol–water partition coefficient (Wildman–Crippen LogP) is 3.75. The van der Waals surface area contributed by atoms with E-state index in [1.54, 1.807) is 6.07 Å². The van der Waals surface area contributed by atoms with Crippen LogP contribution in [-0.4, -0.2) is 17.2 Å². The van der Waals surface area contributed by atoms with Crippen molar-refractivity contribution in [3.05, 3.63) is 66.7 Å². The van der Waals surface area contributed by atoms with Gasteiger partial charge in [-0.2, -0.15) is 8.42 Å². The summed E-state index contributed by atoms with van der Waals surface area (Å²) in [5.41, 5.74) is 3.29. The van der Waals surface area contributed by atoms with E-state index in [2.05, 4.69) is 0 Å². The maximum Gasteiger partial charge on any atom is 0.294 e. The monoisotopic (exact) mass is 356 g/mol. The van der Waals surface area contributed by atoms with E-state index in [0.29, 0.717) is 15.4 Å². The first-order valence-electron chi connectivity index (χ1n) is 7.18. The van der Waals surface area contributed by atoms with Gasteiger partial charge in [-0.15, -0.1) is 0 Å². The third-order valence-corrected chi connectivity index (χ3v) is 6.39. The molecule has 120 valence electrons. The first-order chi connectivity index (χ1) is 11.4. The molecule has 1 N–H and O–H groups in total. The quantitative estimate of drug-likeness (QED) is 0.555. The van der Waals surface area contributed by atoms with Gasteiger partial charge in [-0.1, -0.05) is 36.4 Å². The molecule has 1 aliphatic heterocycles. The Morgan fingerprint density at radius 2 is 1.38 bits per heavy atom. The number of fused-ring (bicyclic) bond motifs is 3. The van der Waals surface area contributed by atoms with E-state index in [-0.39, 0.29) is 4.90 Å². The van der Waals surface area contributed by atoms with E-state index in [0.717, 1.165) is 16.7 Å². The van der Waals surface area contributed by atoms with Crippen LogP contribution in [0.25, 0.3) is 22.3 Å². The normalized spacial score (nSPS) is 15.8. The molecule has 0 bridgehead atoms. The maximum absolute atomic E-state index is 12.6. The summed E-state index contributed by atoms with van der Waals surface area (Å²) >= 11 is 0. The molecule has 0 spiro atoms. The Morgan fingerprint density at radius 3 is 2.04 bits per heavy atom. The highest BCUT2D eigenvalue weighted by atomic mass is 32.2. The molecule has 3 aromatic carbocycles. The summed E-state index contributed by atoms with van der Waals surface area (Å²) in [6, 6.07) is 19.5. The van der Waals surface area contributed by atoms with E-state index >= 15 is 0 Å². The lowest BCUT2D eigenvalue weighted by Crippen LogP contribution is -1.98. The fourth-order valence-electron chi connectivity index (χ4n) is 2.87. The van der Waals surface area contributed by atoms with Crippen molar-refractivity contribution in [3.63, 3.8) is 0 Å². The van der Waals surface area contributed by atoms with Crippen LogP contribution in [0.1, 0.15) is 0 Å². The third-order valence-electron chi connectivity index (χ3n) is 4.03. The molecule has 0 aromatic heterocycles. The Morgan fingerprint density at radius 1 is 0.750 bits per heavy atom. The van der Waals surface area contributed by atoms with Crippen LogP contribution in [0.2, 0.25) is 0 Å². The molecule has 24 heavy (non-hydrogen) atoms. The van der Waals surface area contributed by atoms with Crippen molar-refractivity contribution in [2.75, 3.05) is 0 Å². The molecular weight excluding hydrogens is 344 g/mol. The first kappa shape index (κ1) is 15.3. The predicted molar refractivity (Wildman–Crippen MR) is 91.8 cm³/mol. The van der Waals surface area contributed by atoms with Crippen molar-refractivity contribution < 1.29 is 17.2 Å². The van der Waals surface area contributed by atoms with Crippen LogP contribution in [-0.2, 0) is 20.9 Å². The SMILES string of the molecule is O=S1c2ccc(-c3ccccc3)cc2-c2cc(S(=O)(=O)O)ccc21. The molecule has 0 fully saturated rings. The van der Waals surface area contributed by atoms with Crippen LogP contribution in [0.5, 0.6) is 0 Å². The van der Waals surface area contributed by atoms with Gasteiger partial charge in [-0.3, -0.25) is 4.55 Å². The highest BCUT2D eigenvalue weighted by molar-refractivity contribution is 7.86. The lowest BCUT2D eigenvalue weighted by Gasteiger charge is -2.06. The summed E-state index contributed by atoms with van der Waals surface area (Å²) in [4.78, 5) is 1.01. The zero-order valence-corrected chi connectivity index (χ0v) is 14.0. The molecule has 0 saturated heterocycles. The Bertz CT molecular complexity index is 1090. The van der Waals surface area contributed by atoms with Gasteiger partial charge in [-0.05, 0) is 41.5 Å². The topological polar surface area (TPSA) is 71.4 Å². The van der Waals surface area contributed by atoms with E-state index < -0.39 is 20.9 Å². The number of hydrogen-bond donors (Lipinski definition) is 1. The lowest BCUT2D eigenvalue weighted by atomic mass is 9.99. The van der Waals surface area contributed by atoms with Crippen LogP contribution >= 0.6 is 0 Å². The summed E-state index contributed by atoms with van der Waals surface area (Å²) in [6.07, 6.45) is 0. The average molecular weight is 356 g/mol. The summed E-state index contributed by atoms with van der Waals surface area (Å²) < 4.78 is 44.6.